The Kier molecular flexibility index (Phi) is 5.20. The fraction of sp³-hybridized carbons (Fsp3) is 0.444. The van der Waals surface area contributed by atoms with Crippen molar-refractivity contribution >= 4 is 5.78 Å². The minimum absolute atomic E-state index is 0.216. The van der Waals surface area contributed by atoms with Gasteiger partial charge < -0.3 is 4.57 Å². The summed E-state index contributed by atoms with van der Waals surface area (Å²) >= 11 is 0. The molecule has 1 aliphatic heterocycles. The van der Waals surface area contributed by atoms with Gasteiger partial charge in [0.05, 0.1) is 6.54 Å². The molecule has 2 heterocycles. The molecule has 0 amide bonds. The van der Waals surface area contributed by atoms with Crippen molar-refractivity contribution in [1.29, 1.82) is 0 Å². The summed E-state index contributed by atoms with van der Waals surface area (Å²) in [4.78, 5) is 21.2. The molecule has 1 aliphatic rings. The van der Waals surface area contributed by atoms with Crippen LogP contribution in [0.1, 0.15) is 16.2 Å². The normalized spacial score (nSPS) is 16.6. The van der Waals surface area contributed by atoms with E-state index in [1.54, 1.807) is 0 Å². The zero-order valence-corrected chi connectivity index (χ0v) is 13.7. The average Bonchev–Trinajstić information content (AvgIpc) is 3.00. The van der Waals surface area contributed by atoms with E-state index in [4.69, 9.17) is 0 Å². The Balaban J connectivity index is 1.42. The second-order valence-corrected chi connectivity index (χ2v) is 6.07. The molecule has 1 saturated heterocycles. The number of nitrogens with zero attached hydrogens (tertiary/aromatic N) is 4. The smallest absolute Gasteiger partial charge is 0.176 e. The average molecular weight is 312 g/mol. The van der Waals surface area contributed by atoms with Crippen molar-refractivity contribution in [3.05, 3.63) is 54.1 Å². The van der Waals surface area contributed by atoms with Gasteiger partial charge in [-0.3, -0.25) is 14.6 Å². The Morgan fingerprint density at radius 2 is 1.74 bits per heavy atom. The monoisotopic (exact) mass is 312 g/mol. The number of imidazole rings is 1. The molecule has 0 saturated carbocycles. The van der Waals surface area contributed by atoms with Crippen LogP contribution in [0.5, 0.6) is 0 Å². The van der Waals surface area contributed by atoms with E-state index in [9.17, 15) is 4.79 Å². The number of aromatic nitrogens is 2. The predicted octanol–water partition coefficient (Wildman–Crippen LogP) is 1.69. The van der Waals surface area contributed by atoms with Crippen molar-refractivity contribution in [2.75, 3.05) is 39.3 Å². The van der Waals surface area contributed by atoms with Crippen molar-refractivity contribution in [2.45, 2.75) is 13.5 Å². The summed E-state index contributed by atoms with van der Waals surface area (Å²) in [5, 5.41) is 0. The predicted molar refractivity (Wildman–Crippen MR) is 90.6 cm³/mol. The molecule has 0 radical (unpaired) electrons. The highest BCUT2D eigenvalue weighted by molar-refractivity contribution is 5.97. The second-order valence-electron chi connectivity index (χ2n) is 6.07. The van der Waals surface area contributed by atoms with Gasteiger partial charge in [-0.1, -0.05) is 30.3 Å². The van der Waals surface area contributed by atoms with E-state index in [2.05, 4.69) is 19.4 Å². The van der Waals surface area contributed by atoms with Crippen molar-refractivity contribution in [2.24, 2.45) is 0 Å². The van der Waals surface area contributed by atoms with Gasteiger partial charge in [0, 0.05) is 57.2 Å². The summed E-state index contributed by atoms with van der Waals surface area (Å²) in [5.41, 5.74) is 0.811. The summed E-state index contributed by atoms with van der Waals surface area (Å²) in [7, 11) is 0. The van der Waals surface area contributed by atoms with E-state index >= 15 is 0 Å². The quantitative estimate of drug-likeness (QED) is 0.761. The fourth-order valence-corrected chi connectivity index (χ4v) is 2.98. The molecule has 5 nitrogen and oxygen atoms in total. The number of carbonyl (C=O) groups excluding carboxylic acids is 1. The number of piperazine rings is 1. The molecule has 0 unspecified atom stereocenters. The van der Waals surface area contributed by atoms with Gasteiger partial charge in [0.15, 0.2) is 5.78 Å². The number of rotatable bonds is 6. The molecular formula is C18H24N4O. The minimum Gasteiger partial charge on any atom is -0.334 e. The van der Waals surface area contributed by atoms with E-state index in [1.165, 1.54) is 0 Å². The standard InChI is InChI=1S/C18H24N4O/c1-16-19-7-8-22(16)14-13-20-9-11-21(12-10-20)15-18(23)17-5-3-2-4-6-17/h2-8H,9-15H2,1H3. The molecule has 0 atom stereocenters. The molecular weight excluding hydrogens is 288 g/mol. The third-order valence-corrected chi connectivity index (χ3v) is 4.51. The number of Topliss-reactive ketones (excluding diaryl/α,β-unsaturated/α-hetero) is 1. The third-order valence-electron chi connectivity index (χ3n) is 4.51. The first-order chi connectivity index (χ1) is 11.2. The number of carbonyl (C=O) groups is 1. The number of hydrogen-bond donors (Lipinski definition) is 0. The van der Waals surface area contributed by atoms with Crippen LogP contribution in [0.4, 0.5) is 0 Å². The van der Waals surface area contributed by atoms with Crippen molar-refractivity contribution in [3.8, 4) is 0 Å². The SMILES string of the molecule is Cc1nccn1CCN1CCN(CC(=O)c2ccccc2)CC1. The minimum atomic E-state index is 0.216. The van der Waals surface area contributed by atoms with Crippen LogP contribution in [0.15, 0.2) is 42.7 Å². The second kappa shape index (κ2) is 7.53. The summed E-state index contributed by atoms with van der Waals surface area (Å²) in [6.07, 6.45) is 3.88. The van der Waals surface area contributed by atoms with Crippen molar-refractivity contribution in [1.82, 2.24) is 19.4 Å². The van der Waals surface area contributed by atoms with Gasteiger partial charge >= 0.3 is 0 Å². The summed E-state index contributed by atoms with van der Waals surface area (Å²) in [5.74, 6) is 1.28. The van der Waals surface area contributed by atoms with Crippen LogP contribution >= 0.6 is 0 Å². The maximum atomic E-state index is 12.2. The Bertz CT molecular complexity index is 629. The van der Waals surface area contributed by atoms with E-state index < -0.39 is 0 Å². The van der Waals surface area contributed by atoms with E-state index in [0.717, 1.165) is 50.7 Å². The number of benzene rings is 1. The molecule has 1 aromatic heterocycles. The van der Waals surface area contributed by atoms with E-state index in [-0.39, 0.29) is 5.78 Å². The lowest BCUT2D eigenvalue weighted by Gasteiger charge is -2.34. The molecule has 0 bridgehead atoms. The van der Waals surface area contributed by atoms with Crippen molar-refractivity contribution < 1.29 is 4.79 Å². The van der Waals surface area contributed by atoms with E-state index in [0.29, 0.717) is 6.54 Å². The first-order valence-electron chi connectivity index (χ1n) is 8.23. The highest BCUT2D eigenvalue weighted by atomic mass is 16.1. The molecule has 2 aromatic rings. The van der Waals surface area contributed by atoms with Gasteiger partial charge in [0.1, 0.15) is 5.82 Å². The van der Waals surface area contributed by atoms with Crippen LogP contribution in [-0.4, -0.2) is 64.4 Å². The third kappa shape index (κ3) is 4.27. The molecule has 0 spiro atoms. The van der Waals surface area contributed by atoms with Gasteiger partial charge in [0.25, 0.3) is 0 Å². The zero-order valence-electron chi connectivity index (χ0n) is 13.7. The molecule has 1 fully saturated rings. The summed E-state index contributed by atoms with van der Waals surface area (Å²) < 4.78 is 2.19. The first kappa shape index (κ1) is 15.9. The molecule has 23 heavy (non-hydrogen) atoms. The molecule has 5 heteroatoms. The van der Waals surface area contributed by atoms with Gasteiger partial charge in [-0.15, -0.1) is 0 Å². The number of ketones is 1. The van der Waals surface area contributed by atoms with Crippen LogP contribution in [0.3, 0.4) is 0 Å². The highest BCUT2D eigenvalue weighted by Crippen LogP contribution is 2.06. The maximum absolute atomic E-state index is 12.2. The van der Waals surface area contributed by atoms with Gasteiger partial charge in [-0.25, -0.2) is 4.98 Å². The Morgan fingerprint density at radius 3 is 2.39 bits per heavy atom. The van der Waals surface area contributed by atoms with Crippen LogP contribution in [-0.2, 0) is 6.54 Å². The van der Waals surface area contributed by atoms with Crippen molar-refractivity contribution in [3.63, 3.8) is 0 Å². The zero-order chi connectivity index (χ0) is 16.1. The Labute approximate surface area is 137 Å². The number of hydrogen-bond acceptors (Lipinski definition) is 4. The van der Waals surface area contributed by atoms with E-state index in [1.807, 2.05) is 49.6 Å². The van der Waals surface area contributed by atoms with Crippen LogP contribution < -0.4 is 0 Å². The molecule has 0 N–H and O–H groups in total. The van der Waals surface area contributed by atoms with Gasteiger partial charge in [-0.2, -0.15) is 0 Å². The lowest BCUT2D eigenvalue weighted by Crippen LogP contribution is -2.48. The highest BCUT2D eigenvalue weighted by Gasteiger charge is 2.19. The lowest BCUT2D eigenvalue weighted by atomic mass is 10.1. The Hall–Kier alpha value is -1.98. The van der Waals surface area contributed by atoms with Crippen LogP contribution in [0, 0.1) is 6.92 Å². The van der Waals surface area contributed by atoms with Crippen LogP contribution in [0.25, 0.3) is 0 Å². The van der Waals surface area contributed by atoms with Crippen LogP contribution in [0.2, 0.25) is 0 Å². The van der Waals surface area contributed by atoms with Gasteiger partial charge in [-0.05, 0) is 6.92 Å². The first-order valence-corrected chi connectivity index (χ1v) is 8.23. The topological polar surface area (TPSA) is 41.4 Å². The molecule has 122 valence electrons. The fourth-order valence-electron chi connectivity index (χ4n) is 2.98. The summed E-state index contributed by atoms with van der Waals surface area (Å²) in [6.45, 7) is 8.55. The maximum Gasteiger partial charge on any atom is 0.176 e. The molecule has 3 rings (SSSR count). The largest absolute Gasteiger partial charge is 0.334 e. The Morgan fingerprint density at radius 1 is 1.04 bits per heavy atom. The number of aryl methyl sites for hydroxylation is 1. The molecule has 0 aliphatic carbocycles. The molecule has 1 aromatic carbocycles. The lowest BCUT2D eigenvalue weighted by molar-refractivity contribution is 0.0848. The summed E-state index contributed by atoms with van der Waals surface area (Å²) in [6, 6.07) is 9.57. The van der Waals surface area contributed by atoms with Gasteiger partial charge in [0.2, 0.25) is 0 Å².